The predicted molar refractivity (Wildman–Crippen MR) is 148 cm³/mol. The van der Waals surface area contributed by atoms with Crippen LogP contribution < -0.4 is 0 Å². The van der Waals surface area contributed by atoms with E-state index in [1.807, 2.05) is 38.1 Å². The van der Waals surface area contributed by atoms with Crippen LogP contribution in [0.2, 0.25) is 0 Å². The van der Waals surface area contributed by atoms with Gasteiger partial charge >= 0.3 is 0 Å². The average molecular weight is 477 g/mol. The summed E-state index contributed by atoms with van der Waals surface area (Å²) in [5.41, 5.74) is 6.05. The molecule has 5 nitrogen and oxygen atoms in total. The van der Waals surface area contributed by atoms with Crippen LogP contribution in [0.3, 0.4) is 0 Å². The van der Waals surface area contributed by atoms with E-state index in [0.29, 0.717) is 24.8 Å². The number of rotatable bonds is 12. The van der Waals surface area contributed by atoms with Crippen molar-refractivity contribution >= 4 is 24.5 Å². The fourth-order valence-electron chi connectivity index (χ4n) is 3.40. The molecule has 1 N–H and O–H groups in total. The number of aryl methyl sites for hydroxylation is 1. The molecule has 0 bridgehead atoms. The zero-order valence-electron chi connectivity index (χ0n) is 22.1. The molecular weight excluding hydrogens is 436 g/mol. The molecule has 1 atom stereocenters. The normalized spacial score (nSPS) is 13.7. The minimum absolute atomic E-state index is 0.00941. The van der Waals surface area contributed by atoms with Gasteiger partial charge in [0.05, 0.1) is 12.6 Å². The molecule has 1 aromatic rings. The molecule has 1 unspecified atom stereocenters. The Bertz CT molecular complexity index is 1050. The highest BCUT2D eigenvalue weighted by Gasteiger charge is 2.18. The van der Waals surface area contributed by atoms with Gasteiger partial charge in [0.15, 0.2) is 0 Å². The van der Waals surface area contributed by atoms with Crippen LogP contribution in [-0.4, -0.2) is 48.1 Å². The largest absolute Gasteiger partial charge is 0.393 e. The van der Waals surface area contributed by atoms with Crippen molar-refractivity contribution in [3.8, 4) is 0 Å². The third-order valence-corrected chi connectivity index (χ3v) is 5.75. The van der Waals surface area contributed by atoms with Gasteiger partial charge in [0.25, 0.3) is 5.91 Å². The summed E-state index contributed by atoms with van der Waals surface area (Å²) < 4.78 is 0. The quantitative estimate of drug-likeness (QED) is 0.225. The summed E-state index contributed by atoms with van der Waals surface area (Å²) in [6, 6.07) is 5.51. The Morgan fingerprint density at radius 1 is 1.23 bits per heavy atom. The zero-order chi connectivity index (χ0) is 26.8. The first kappa shape index (κ1) is 29.7. The maximum atomic E-state index is 13.0. The van der Waals surface area contributed by atoms with E-state index in [1.165, 1.54) is 4.90 Å². The van der Waals surface area contributed by atoms with Crippen molar-refractivity contribution in [3.63, 3.8) is 0 Å². The van der Waals surface area contributed by atoms with Crippen LogP contribution in [0.5, 0.6) is 0 Å². The van der Waals surface area contributed by atoms with Crippen molar-refractivity contribution < 1.29 is 14.7 Å². The van der Waals surface area contributed by atoms with Gasteiger partial charge in [0, 0.05) is 23.9 Å². The van der Waals surface area contributed by atoms with Gasteiger partial charge in [0.1, 0.15) is 6.29 Å². The van der Waals surface area contributed by atoms with Crippen LogP contribution in [0.25, 0.3) is 5.57 Å². The summed E-state index contributed by atoms with van der Waals surface area (Å²) in [4.78, 5) is 29.5. The molecule has 0 spiro atoms. The molecule has 5 heteroatoms. The van der Waals surface area contributed by atoms with Crippen molar-refractivity contribution in [3.05, 3.63) is 89.2 Å². The third-order valence-electron chi connectivity index (χ3n) is 5.75. The summed E-state index contributed by atoms with van der Waals surface area (Å²) in [7, 11) is 0. The Morgan fingerprint density at radius 3 is 2.37 bits per heavy atom. The first-order chi connectivity index (χ1) is 16.3. The fourth-order valence-corrected chi connectivity index (χ4v) is 3.40. The first-order valence-electron chi connectivity index (χ1n) is 11.8. The van der Waals surface area contributed by atoms with E-state index in [0.717, 1.165) is 33.4 Å². The van der Waals surface area contributed by atoms with E-state index < -0.39 is 6.10 Å². The second kappa shape index (κ2) is 13.5. The van der Waals surface area contributed by atoms with Gasteiger partial charge in [-0.25, -0.2) is 0 Å². The van der Waals surface area contributed by atoms with Crippen LogP contribution in [0.4, 0.5) is 0 Å². The molecule has 188 valence electrons. The summed E-state index contributed by atoms with van der Waals surface area (Å²) in [6.07, 6.45) is 8.07. The van der Waals surface area contributed by atoms with Crippen molar-refractivity contribution in [1.82, 2.24) is 4.90 Å². The van der Waals surface area contributed by atoms with Crippen LogP contribution in [0, 0.1) is 12.3 Å². The number of aliphatic hydroxyl groups excluding tert-OH is 1. The Hall–Kier alpha value is -3.31. The average Bonchev–Trinajstić information content (AvgIpc) is 2.78. The number of aliphatic imine (C=N–C) groups is 1. The lowest BCUT2D eigenvalue weighted by Gasteiger charge is -2.21. The summed E-state index contributed by atoms with van der Waals surface area (Å²) >= 11 is 0. The van der Waals surface area contributed by atoms with Crippen LogP contribution in [0.15, 0.2) is 77.5 Å². The maximum Gasteiger partial charge on any atom is 0.254 e. The molecule has 0 saturated heterocycles. The first-order valence-corrected chi connectivity index (χ1v) is 11.8. The lowest BCUT2D eigenvalue weighted by Crippen LogP contribution is -2.34. The maximum absolute atomic E-state index is 13.0. The molecule has 0 aliphatic rings. The molecule has 1 amide bonds. The molecule has 1 rings (SSSR count). The van der Waals surface area contributed by atoms with E-state index in [-0.39, 0.29) is 17.9 Å². The topological polar surface area (TPSA) is 70.0 Å². The van der Waals surface area contributed by atoms with E-state index in [9.17, 15) is 14.7 Å². The number of amides is 1. The van der Waals surface area contributed by atoms with Crippen molar-refractivity contribution in [2.75, 3.05) is 13.1 Å². The van der Waals surface area contributed by atoms with Gasteiger partial charge < -0.3 is 14.8 Å². The number of carbonyl (C=O) groups is 2. The molecule has 0 aliphatic heterocycles. The zero-order valence-corrected chi connectivity index (χ0v) is 22.1. The van der Waals surface area contributed by atoms with Gasteiger partial charge in [-0.05, 0) is 85.4 Å². The SMILES string of the molecule is C=CC(=C\C(=C)C(C)(C)C)/C(=C/N=C)/C=C(\C)c1ccc(C(=O)N(CC=O)CCC(C)O)cc1C. The van der Waals surface area contributed by atoms with Gasteiger partial charge in [-0.15, -0.1) is 0 Å². The second-order valence-electron chi connectivity index (χ2n) is 9.76. The predicted octanol–water partition coefficient (Wildman–Crippen LogP) is 6.11. The van der Waals surface area contributed by atoms with Crippen LogP contribution >= 0.6 is 0 Å². The number of hydrogen-bond donors (Lipinski definition) is 1. The van der Waals surface area contributed by atoms with Gasteiger partial charge in [0.2, 0.25) is 0 Å². The van der Waals surface area contributed by atoms with Crippen LogP contribution in [-0.2, 0) is 4.79 Å². The molecule has 0 saturated carbocycles. The molecular formula is C30H40N2O3. The monoisotopic (exact) mass is 476 g/mol. The Morgan fingerprint density at radius 2 is 1.89 bits per heavy atom. The third kappa shape index (κ3) is 9.10. The number of benzene rings is 1. The standard InChI is InChI=1S/C30H40N2O3/c1-10-25(19-23(4)30(6,7)8)27(20-31-9)18-22(3)28-12-11-26(17-21(28)2)29(35)32(15-16-33)14-13-24(5)34/h10-12,16-20,24,34H,1,4,9,13-15H2,2-3,5-8H3/b22-18+,25-19+,27-20+. The van der Waals surface area contributed by atoms with Gasteiger partial charge in [-0.1, -0.05) is 52.1 Å². The smallest absolute Gasteiger partial charge is 0.254 e. The molecule has 0 heterocycles. The molecule has 1 aromatic carbocycles. The number of allylic oxidation sites excluding steroid dienone is 7. The highest BCUT2D eigenvalue weighted by molar-refractivity contribution is 5.96. The summed E-state index contributed by atoms with van der Waals surface area (Å²) in [5.74, 6) is -0.233. The Balaban J connectivity index is 3.33. The Labute approximate surface area is 211 Å². The van der Waals surface area contributed by atoms with Crippen molar-refractivity contribution in [1.29, 1.82) is 0 Å². The molecule has 0 fully saturated rings. The van der Waals surface area contributed by atoms with E-state index in [2.05, 4.69) is 45.6 Å². The summed E-state index contributed by atoms with van der Waals surface area (Å²) in [6.45, 7) is 24.0. The van der Waals surface area contributed by atoms with E-state index in [1.54, 1.807) is 25.3 Å². The fraction of sp³-hybridized carbons (Fsp3) is 0.367. The van der Waals surface area contributed by atoms with Gasteiger partial charge in [-0.2, -0.15) is 0 Å². The second-order valence-corrected chi connectivity index (χ2v) is 9.76. The highest BCUT2D eigenvalue weighted by Crippen LogP contribution is 2.29. The lowest BCUT2D eigenvalue weighted by atomic mass is 9.85. The molecule has 0 radical (unpaired) electrons. The molecule has 0 aromatic heterocycles. The lowest BCUT2D eigenvalue weighted by molar-refractivity contribution is -0.108. The Kier molecular flexibility index (Phi) is 11.5. The number of nitrogens with zero attached hydrogens (tertiary/aromatic N) is 2. The number of aldehydes is 1. The van der Waals surface area contributed by atoms with E-state index >= 15 is 0 Å². The number of hydrogen-bond acceptors (Lipinski definition) is 4. The minimum atomic E-state index is -0.545. The summed E-state index contributed by atoms with van der Waals surface area (Å²) in [5, 5.41) is 9.56. The minimum Gasteiger partial charge on any atom is -0.393 e. The van der Waals surface area contributed by atoms with Crippen LogP contribution in [0.1, 0.15) is 62.5 Å². The number of aliphatic hydroxyl groups is 1. The van der Waals surface area contributed by atoms with Gasteiger partial charge in [-0.3, -0.25) is 9.79 Å². The molecule has 35 heavy (non-hydrogen) atoms. The molecule has 0 aliphatic carbocycles. The number of carbonyl (C=O) groups excluding carboxylic acids is 2. The van der Waals surface area contributed by atoms with Crippen molar-refractivity contribution in [2.45, 2.75) is 54.1 Å². The van der Waals surface area contributed by atoms with E-state index in [4.69, 9.17) is 0 Å². The van der Waals surface area contributed by atoms with Crippen molar-refractivity contribution in [2.24, 2.45) is 10.4 Å². The highest BCUT2D eigenvalue weighted by atomic mass is 16.3.